The van der Waals surface area contributed by atoms with E-state index >= 15 is 0 Å². The first-order chi connectivity index (χ1) is 13.5. The van der Waals surface area contributed by atoms with Gasteiger partial charge in [-0.3, -0.25) is 14.5 Å². The fourth-order valence-electron chi connectivity index (χ4n) is 2.97. The molecule has 0 bridgehead atoms. The molecule has 0 aliphatic carbocycles. The fraction of sp³-hybridized carbons (Fsp3) is 0.100. The monoisotopic (exact) mass is 375 g/mol. The fourth-order valence-corrected chi connectivity index (χ4v) is 2.97. The Labute approximate surface area is 160 Å². The average Bonchev–Trinajstić information content (AvgIpc) is 3.33. The molecule has 0 saturated carbocycles. The van der Waals surface area contributed by atoms with Gasteiger partial charge in [-0.1, -0.05) is 12.1 Å². The van der Waals surface area contributed by atoms with Crippen molar-refractivity contribution in [2.24, 2.45) is 4.99 Å². The molecule has 8 nitrogen and oxygen atoms in total. The molecule has 0 aliphatic rings. The first-order valence-corrected chi connectivity index (χ1v) is 8.55. The molecule has 0 spiro atoms. The summed E-state index contributed by atoms with van der Waals surface area (Å²) in [6.45, 7) is 0. The first-order valence-electron chi connectivity index (χ1n) is 8.55. The van der Waals surface area contributed by atoms with Crippen molar-refractivity contribution in [3.05, 3.63) is 76.7 Å². The topological polar surface area (TPSA) is 89.2 Å². The Morgan fingerprint density at radius 2 is 2.07 bits per heavy atom. The number of fused-ring (bicyclic) bond motifs is 1. The number of hydrogen-bond donors (Lipinski definition) is 0. The van der Waals surface area contributed by atoms with Gasteiger partial charge in [0.25, 0.3) is 5.69 Å². The van der Waals surface area contributed by atoms with Crippen LogP contribution < -0.4 is 4.90 Å². The number of nitro benzene ring substituents is 1. The molecule has 0 saturated heterocycles. The van der Waals surface area contributed by atoms with Crippen molar-refractivity contribution in [2.75, 3.05) is 19.0 Å². The van der Waals surface area contributed by atoms with Gasteiger partial charge in [-0.05, 0) is 35.9 Å². The van der Waals surface area contributed by atoms with Gasteiger partial charge in [-0.25, -0.2) is 9.98 Å². The number of aliphatic imine (C=N–C) groups is 1. The second-order valence-corrected chi connectivity index (χ2v) is 6.35. The molecule has 0 fully saturated rings. The maximum absolute atomic E-state index is 11.4. The highest BCUT2D eigenvalue weighted by atomic mass is 16.6. The zero-order valence-electron chi connectivity index (χ0n) is 15.3. The lowest BCUT2D eigenvalue weighted by Crippen LogP contribution is -2.11. The predicted octanol–water partition coefficient (Wildman–Crippen LogP) is 4.32. The van der Waals surface area contributed by atoms with E-state index in [0.717, 1.165) is 5.65 Å². The molecule has 1 aromatic carbocycles. The second kappa shape index (κ2) is 6.99. The molecule has 0 N–H and O–H groups in total. The second-order valence-electron chi connectivity index (χ2n) is 6.35. The molecule has 4 aromatic rings. The number of aromatic nitrogens is 2. The van der Waals surface area contributed by atoms with Gasteiger partial charge in [0.1, 0.15) is 11.3 Å². The standard InChI is InChI=1S/C20H17N5O3/c1-23(2)15-9-8-14(12-16(15)25(26)27)13-21-20-19(17-6-5-11-28-17)22-18-7-3-4-10-24(18)20/h3-13H,1-2H3. The van der Waals surface area contributed by atoms with Crippen LogP contribution in [0.15, 0.2) is 70.4 Å². The number of nitro groups is 1. The molecule has 0 amide bonds. The van der Waals surface area contributed by atoms with E-state index in [1.54, 1.807) is 49.7 Å². The third-order valence-electron chi connectivity index (χ3n) is 4.27. The normalized spacial score (nSPS) is 11.4. The van der Waals surface area contributed by atoms with E-state index in [9.17, 15) is 10.1 Å². The Morgan fingerprint density at radius 3 is 2.79 bits per heavy atom. The van der Waals surface area contributed by atoms with Crippen LogP contribution in [-0.4, -0.2) is 34.6 Å². The number of nitrogens with zero attached hydrogens (tertiary/aromatic N) is 5. The van der Waals surface area contributed by atoms with Crippen LogP contribution in [0.5, 0.6) is 0 Å². The Balaban J connectivity index is 1.80. The number of rotatable bonds is 5. The van der Waals surface area contributed by atoms with E-state index in [1.807, 2.05) is 34.9 Å². The Bertz CT molecular complexity index is 1180. The number of imidazole rings is 1. The summed E-state index contributed by atoms with van der Waals surface area (Å²) in [5.74, 6) is 1.19. The smallest absolute Gasteiger partial charge is 0.293 e. The number of anilines is 1. The molecular formula is C20H17N5O3. The van der Waals surface area contributed by atoms with Crippen molar-refractivity contribution in [1.82, 2.24) is 9.38 Å². The first kappa shape index (κ1) is 17.5. The van der Waals surface area contributed by atoms with Crippen molar-refractivity contribution in [1.29, 1.82) is 0 Å². The molecule has 0 atom stereocenters. The van der Waals surface area contributed by atoms with E-state index in [-0.39, 0.29) is 5.69 Å². The van der Waals surface area contributed by atoms with Crippen LogP contribution in [-0.2, 0) is 0 Å². The maximum Gasteiger partial charge on any atom is 0.293 e. The van der Waals surface area contributed by atoms with Gasteiger partial charge in [0, 0.05) is 32.6 Å². The summed E-state index contributed by atoms with van der Waals surface area (Å²) >= 11 is 0. The lowest BCUT2D eigenvalue weighted by Gasteiger charge is -2.12. The van der Waals surface area contributed by atoms with Gasteiger partial charge in [-0.15, -0.1) is 0 Å². The van der Waals surface area contributed by atoms with E-state index in [1.165, 1.54) is 6.07 Å². The Hall–Kier alpha value is -3.94. The summed E-state index contributed by atoms with van der Waals surface area (Å²) < 4.78 is 7.33. The molecule has 140 valence electrons. The Kier molecular flexibility index (Phi) is 4.36. The minimum atomic E-state index is -0.394. The summed E-state index contributed by atoms with van der Waals surface area (Å²) in [6.07, 6.45) is 5.03. The maximum atomic E-state index is 11.4. The number of benzene rings is 1. The van der Waals surface area contributed by atoms with Gasteiger partial charge >= 0.3 is 0 Å². The van der Waals surface area contributed by atoms with E-state index in [2.05, 4.69) is 9.98 Å². The van der Waals surface area contributed by atoms with E-state index < -0.39 is 4.92 Å². The van der Waals surface area contributed by atoms with Crippen molar-refractivity contribution >= 4 is 29.1 Å². The lowest BCUT2D eigenvalue weighted by atomic mass is 10.2. The van der Waals surface area contributed by atoms with Crippen LogP contribution in [0.3, 0.4) is 0 Å². The van der Waals surface area contributed by atoms with Crippen molar-refractivity contribution < 1.29 is 9.34 Å². The number of pyridine rings is 1. The minimum Gasteiger partial charge on any atom is -0.463 e. The van der Waals surface area contributed by atoms with E-state index in [4.69, 9.17) is 4.42 Å². The van der Waals surface area contributed by atoms with Gasteiger partial charge in [0.05, 0.1) is 11.2 Å². The van der Waals surface area contributed by atoms with Crippen molar-refractivity contribution in [3.8, 4) is 11.5 Å². The number of hydrogen-bond acceptors (Lipinski definition) is 6. The molecule has 28 heavy (non-hydrogen) atoms. The number of furan rings is 1. The zero-order valence-corrected chi connectivity index (χ0v) is 15.3. The molecule has 4 rings (SSSR count). The van der Waals surface area contributed by atoms with Crippen LogP contribution in [0.25, 0.3) is 17.1 Å². The van der Waals surface area contributed by atoms with Crippen LogP contribution >= 0.6 is 0 Å². The average molecular weight is 375 g/mol. The molecule has 0 unspecified atom stereocenters. The van der Waals surface area contributed by atoms with Crippen LogP contribution in [0, 0.1) is 10.1 Å². The Morgan fingerprint density at radius 1 is 1.21 bits per heavy atom. The van der Waals surface area contributed by atoms with E-state index in [0.29, 0.717) is 28.5 Å². The van der Waals surface area contributed by atoms with Gasteiger partial charge < -0.3 is 9.32 Å². The molecule has 3 aromatic heterocycles. The largest absolute Gasteiger partial charge is 0.463 e. The van der Waals surface area contributed by atoms with Crippen LogP contribution in [0.1, 0.15) is 5.56 Å². The summed E-state index contributed by atoms with van der Waals surface area (Å²) in [4.78, 5) is 21.9. The summed E-state index contributed by atoms with van der Waals surface area (Å²) in [5.41, 5.74) is 2.52. The quantitative estimate of drug-likeness (QED) is 0.294. The summed E-state index contributed by atoms with van der Waals surface area (Å²) in [7, 11) is 3.54. The zero-order chi connectivity index (χ0) is 19.7. The van der Waals surface area contributed by atoms with Gasteiger partial charge in [0.15, 0.2) is 17.3 Å². The molecule has 8 heteroatoms. The summed E-state index contributed by atoms with van der Waals surface area (Å²) in [5, 5.41) is 11.4. The van der Waals surface area contributed by atoms with Crippen LogP contribution in [0.2, 0.25) is 0 Å². The third-order valence-corrected chi connectivity index (χ3v) is 4.27. The van der Waals surface area contributed by atoms with Gasteiger partial charge in [0.2, 0.25) is 0 Å². The lowest BCUT2D eigenvalue weighted by molar-refractivity contribution is -0.384. The van der Waals surface area contributed by atoms with Crippen LogP contribution in [0.4, 0.5) is 17.2 Å². The minimum absolute atomic E-state index is 0.0263. The highest BCUT2D eigenvalue weighted by Gasteiger charge is 2.17. The SMILES string of the molecule is CN(C)c1ccc(C=Nc2c(-c3ccco3)nc3ccccn23)cc1[N+](=O)[O-]. The van der Waals surface area contributed by atoms with Gasteiger partial charge in [-0.2, -0.15) is 0 Å². The third kappa shape index (κ3) is 3.11. The molecule has 3 heterocycles. The highest BCUT2D eigenvalue weighted by molar-refractivity contribution is 5.86. The predicted molar refractivity (Wildman–Crippen MR) is 108 cm³/mol. The summed E-state index contributed by atoms with van der Waals surface area (Å²) in [6, 6.07) is 14.3. The van der Waals surface area contributed by atoms with Crippen molar-refractivity contribution in [3.63, 3.8) is 0 Å². The molecular weight excluding hydrogens is 358 g/mol. The molecule has 0 aliphatic heterocycles. The highest BCUT2D eigenvalue weighted by Crippen LogP contribution is 2.32. The molecule has 0 radical (unpaired) electrons. The van der Waals surface area contributed by atoms with Crippen molar-refractivity contribution in [2.45, 2.75) is 0 Å².